The Morgan fingerprint density at radius 2 is 1.76 bits per heavy atom. The summed E-state index contributed by atoms with van der Waals surface area (Å²) in [6.07, 6.45) is 3.50. The lowest BCUT2D eigenvalue weighted by molar-refractivity contribution is -0.136. The molecule has 0 atom stereocenters. The highest BCUT2D eigenvalue weighted by molar-refractivity contribution is 7.17. The normalized spacial score (nSPS) is 14.7. The van der Waals surface area contributed by atoms with Gasteiger partial charge in [0.15, 0.2) is 5.13 Å². The van der Waals surface area contributed by atoms with E-state index in [4.69, 9.17) is 10.1 Å². The first-order valence-electron chi connectivity index (χ1n) is 9.67. The summed E-state index contributed by atoms with van der Waals surface area (Å²) in [7, 11) is 0. The van der Waals surface area contributed by atoms with E-state index < -0.39 is 5.97 Å². The van der Waals surface area contributed by atoms with Gasteiger partial charge in [0.25, 0.3) is 5.91 Å². The van der Waals surface area contributed by atoms with Crippen molar-refractivity contribution in [3.63, 3.8) is 0 Å². The molecule has 2 aromatic heterocycles. The fourth-order valence-corrected chi connectivity index (χ4v) is 4.42. The quantitative estimate of drug-likeness (QED) is 0.744. The third-order valence-corrected chi connectivity index (χ3v) is 5.85. The molecule has 3 rings (SSSR count). The van der Waals surface area contributed by atoms with Gasteiger partial charge in [-0.3, -0.25) is 14.6 Å². The maximum Gasteiger partial charge on any atom is 0.305 e. The highest BCUT2D eigenvalue weighted by Gasteiger charge is 2.29. The van der Waals surface area contributed by atoms with Crippen LogP contribution in [0.5, 0.6) is 0 Å². The van der Waals surface area contributed by atoms with Crippen LogP contribution >= 0.6 is 11.3 Å². The predicted octanol–water partition coefficient (Wildman–Crippen LogP) is 2.37. The van der Waals surface area contributed by atoms with Crippen molar-refractivity contribution in [3.8, 4) is 0 Å². The van der Waals surface area contributed by atoms with Crippen LogP contribution in [0.1, 0.15) is 42.6 Å². The molecular weight excluding hydrogens is 390 g/mol. The van der Waals surface area contributed by atoms with Gasteiger partial charge >= 0.3 is 5.97 Å². The molecule has 0 saturated carbocycles. The van der Waals surface area contributed by atoms with Gasteiger partial charge in [0.1, 0.15) is 4.88 Å². The molecule has 8 nitrogen and oxygen atoms in total. The zero-order valence-corrected chi connectivity index (χ0v) is 17.8. The van der Waals surface area contributed by atoms with E-state index >= 15 is 0 Å². The molecule has 0 bridgehead atoms. The third kappa shape index (κ3) is 5.23. The number of carbonyl (C=O) groups is 2. The van der Waals surface area contributed by atoms with Crippen LogP contribution in [0.2, 0.25) is 0 Å². The number of nitrogens with one attached hydrogen (secondary N) is 1. The van der Waals surface area contributed by atoms with E-state index in [2.05, 4.69) is 20.1 Å². The van der Waals surface area contributed by atoms with E-state index in [9.17, 15) is 9.59 Å². The first-order chi connectivity index (χ1) is 13.8. The number of hydrogen-bond donors (Lipinski definition) is 2. The first kappa shape index (κ1) is 21.0. The van der Waals surface area contributed by atoms with Crippen LogP contribution in [0.15, 0.2) is 24.5 Å². The zero-order chi connectivity index (χ0) is 21.0. The summed E-state index contributed by atoms with van der Waals surface area (Å²) in [6, 6.07) is 4.02. The standard InChI is InChI=1S/C20H27N5O3S/c1-20(2,3)17-16(18(28)22-9-6-15(26)27)29-19(23-17)25-12-10-24(11-13-25)14-4-7-21-8-5-14/h4-5,7-8H,6,9-13H2,1-3H3,(H,22,28)(H,26,27). The Kier molecular flexibility index (Phi) is 6.36. The van der Waals surface area contributed by atoms with Gasteiger partial charge in [0.05, 0.1) is 12.1 Å². The number of amides is 1. The van der Waals surface area contributed by atoms with Crippen LogP contribution in [0, 0.1) is 0 Å². The summed E-state index contributed by atoms with van der Waals surface area (Å²) in [5.74, 6) is -1.19. The van der Waals surface area contributed by atoms with E-state index in [1.165, 1.54) is 11.3 Å². The summed E-state index contributed by atoms with van der Waals surface area (Å²) in [5, 5.41) is 12.3. The van der Waals surface area contributed by atoms with Crippen molar-refractivity contribution < 1.29 is 14.7 Å². The molecule has 2 aromatic rings. The summed E-state index contributed by atoms with van der Waals surface area (Å²) >= 11 is 1.38. The second-order valence-corrected chi connectivity index (χ2v) is 8.98. The average molecular weight is 418 g/mol. The number of nitrogens with zero attached hydrogens (tertiary/aromatic N) is 4. The van der Waals surface area contributed by atoms with Crippen LogP contribution in [-0.4, -0.2) is 59.7 Å². The van der Waals surface area contributed by atoms with E-state index in [-0.39, 0.29) is 24.3 Å². The molecule has 156 valence electrons. The monoisotopic (exact) mass is 417 g/mol. The summed E-state index contributed by atoms with van der Waals surface area (Å²) in [5.41, 5.74) is 1.63. The Bertz CT molecular complexity index is 855. The smallest absolute Gasteiger partial charge is 0.305 e. The topological polar surface area (TPSA) is 98.7 Å². The van der Waals surface area contributed by atoms with Gasteiger partial charge in [-0.1, -0.05) is 32.1 Å². The molecule has 2 N–H and O–H groups in total. The molecule has 0 unspecified atom stereocenters. The Morgan fingerprint density at radius 1 is 1.14 bits per heavy atom. The van der Waals surface area contributed by atoms with Gasteiger partial charge in [-0.25, -0.2) is 4.98 Å². The summed E-state index contributed by atoms with van der Waals surface area (Å²) < 4.78 is 0. The minimum atomic E-state index is -0.932. The molecular formula is C20H27N5O3S. The fourth-order valence-electron chi connectivity index (χ4n) is 3.18. The second-order valence-electron chi connectivity index (χ2n) is 8.00. The number of aromatic nitrogens is 2. The number of carbonyl (C=O) groups excluding carboxylic acids is 1. The highest BCUT2D eigenvalue weighted by atomic mass is 32.1. The molecule has 1 amide bonds. The lowest BCUT2D eigenvalue weighted by Crippen LogP contribution is -2.46. The number of aliphatic carboxylic acids is 1. The molecule has 0 radical (unpaired) electrons. The van der Waals surface area contributed by atoms with Crippen molar-refractivity contribution in [2.45, 2.75) is 32.6 Å². The Balaban J connectivity index is 1.72. The molecule has 0 aliphatic carbocycles. The first-order valence-corrected chi connectivity index (χ1v) is 10.5. The Labute approximate surface area is 174 Å². The van der Waals surface area contributed by atoms with Crippen molar-refractivity contribution in [2.75, 3.05) is 42.5 Å². The lowest BCUT2D eigenvalue weighted by atomic mass is 9.91. The van der Waals surface area contributed by atoms with Gasteiger partial charge in [-0.2, -0.15) is 0 Å². The maximum atomic E-state index is 12.7. The van der Waals surface area contributed by atoms with Crippen molar-refractivity contribution >= 4 is 34.0 Å². The molecule has 1 fully saturated rings. The molecule has 29 heavy (non-hydrogen) atoms. The second kappa shape index (κ2) is 8.77. The summed E-state index contributed by atoms with van der Waals surface area (Å²) in [6.45, 7) is 9.57. The summed E-state index contributed by atoms with van der Waals surface area (Å²) in [4.78, 5) is 37.3. The van der Waals surface area contributed by atoms with Gasteiger partial charge in [0.2, 0.25) is 0 Å². The zero-order valence-electron chi connectivity index (χ0n) is 17.0. The minimum Gasteiger partial charge on any atom is -0.481 e. The molecule has 0 spiro atoms. The Hall–Kier alpha value is -2.68. The number of pyridine rings is 1. The van der Waals surface area contributed by atoms with E-state index in [0.29, 0.717) is 4.88 Å². The number of carboxylic acids is 1. The van der Waals surface area contributed by atoms with Gasteiger partial charge in [-0.05, 0) is 12.1 Å². The third-order valence-electron chi connectivity index (χ3n) is 4.73. The van der Waals surface area contributed by atoms with E-state index in [1.807, 2.05) is 32.9 Å². The van der Waals surface area contributed by atoms with Crippen LogP contribution in [0.25, 0.3) is 0 Å². The molecule has 9 heteroatoms. The minimum absolute atomic E-state index is 0.0980. The maximum absolute atomic E-state index is 12.7. The van der Waals surface area contributed by atoms with Crippen molar-refractivity contribution in [1.29, 1.82) is 0 Å². The van der Waals surface area contributed by atoms with Gasteiger partial charge in [0, 0.05) is 56.2 Å². The van der Waals surface area contributed by atoms with Crippen molar-refractivity contribution in [2.24, 2.45) is 0 Å². The fraction of sp³-hybridized carbons (Fsp3) is 0.500. The van der Waals surface area contributed by atoms with E-state index in [1.54, 1.807) is 12.4 Å². The van der Waals surface area contributed by atoms with Gasteiger partial charge in [-0.15, -0.1) is 0 Å². The molecule has 3 heterocycles. The average Bonchev–Trinajstić information content (AvgIpc) is 3.15. The number of carboxylic acid groups (broad SMARTS) is 1. The lowest BCUT2D eigenvalue weighted by Gasteiger charge is -2.35. The largest absolute Gasteiger partial charge is 0.481 e. The molecule has 1 saturated heterocycles. The molecule has 1 aliphatic heterocycles. The number of anilines is 2. The van der Waals surface area contributed by atoms with Crippen LogP contribution in [-0.2, 0) is 10.2 Å². The molecule has 1 aliphatic rings. The number of piperazine rings is 1. The Morgan fingerprint density at radius 3 is 2.34 bits per heavy atom. The van der Waals surface area contributed by atoms with Crippen molar-refractivity contribution in [1.82, 2.24) is 15.3 Å². The molecule has 0 aromatic carbocycles. The van der Waals surface area contributed by atoms with Crippen LogP contribution in [0.4, 0.5) is 10.8 Å². The van der Waals surface area contributed by atoms with Gasteiger partial charge < -0.3 is 20.2 Å². The van der Waals surface area contributed by atoms with Crippen LogP contribution < -0.4 is 15.1 Å². The number of thiazole rings is 1. The van der Waals surface area contributed by atoms with Crippen LogP contribution in [0.3, 0.4) is 0 Å². The van der Waals surface area contributed by atoms with E-state index in [0.717, 1.165) is 42.7 Å². The van der Waals surface area contributed by atoms with Crippen molar-refractivity contribution in [3.05, 3.63) is 35.1 Å². The number of rotatable bonds is 6. The number of hydrogen-bond acceptors (Lipinski definition) is 7. The highest BCUT2D eigenvalue weighted by Crippen LogP contribution is 2.34. The predicted molar refractivity (Wildman–Crippen MR) is 114 cm³/mol. The SMILES string of the molecule is CC(C)(C)c1nc(N2CCN(c3ccncc3)CC2)sc1C(=O)NCCC(=O)O.